The molecule has 3 heterocycles. The number of aryl methyl sites for hydroxylation is 1. The number of fused-ring (bicyclic) bond motifs is 1. The number of rotatable bonds is 9. The topological polar surface area (TPSA) is 131 Å². The molecule has 2 aliphatic heterocycles. The highest BCUT2D eigenvalue weighted by Gasteiger charge is 2.44. The van der Waals surface area contributed by atoms with Crippen molar-refractivity contribution in [3.8, 4) is 0 Å². The van der Waals surface area contributed by atoms with E-state index >= 15 is 4.39 Å². The lowest BCUT2D eigenvalue weighted by molar-refractivity contribution is -0.147. The van der Waals surface area contributed by atoms with Crippen LogP contribution in [0.5, 0.6) is 0 Å². The number of hydrogen-bond donors (Lipinski definition) is 1. The Morgan fingerprint density at radius 1 is 1.19 bits per heavy atom. The fraction of sp³-hybridized carbons (Fsp3) is 0.600. The van der Waals surface area contributed by atoms with E-state index in [1.165, 1.54) is 10.6 Å². The van der Waals surface area contributed by atoms with Crippen molar-refractivity contribution >= 4 is 33.3 Å². The lowest BCUT2D eigenvalue weighted by Gasteiger charge is -2.33. The number of halogens is 1. The summed E-state index contributed by atoms with van der Waals surface area (Å²) in [6, 6.07) is 3.04. The van der Waals surface area contributed by atoms with Crippen molar-refractivity contribution in [2.75, 3.05) is 26.0 Å². The van der Waals surface area contributed by atoms with Crippen molar-refractivity contribution in [1.29, 1.82) is 0 Å². The highest BCUT2D eigenvalue weighted by molar-refractivity contribution is 7.88. The molecule has 1 aliphatic carbocycles. The summed E-state index contributed by atoms with van der Waals surface area (Å²) in [6.45, 7) is 5.86. The zero-order valence-electron chi connectivity index (χ0n) is 24.6. The lowest BCUT2D eigenvalue weighted by Crippen LogP contribution is -2.47. The van der Waals surface area contributed by atoms with Gasteiger partial charge in [-0.25, -0.2) is 17.1 Å². The number of esters is 1. The number of hydrogen-bond acceptors (Lipinski definition) is 8. The fourth-order valence-electron chi connectivity index (χ4n) is 6.58. The summed E-state index contributed by atoms with van der Waals surface area (Å²) in [6.07, 6.45) is 7.29. The SMILES string of the molecule is CCOC(=O)C1CN(S(C)(=O)=O)CC1c1ccc2c(c1F)N=C([C@@H](NC(=O)c1conc1CC)C1CCC(C)CC1)C2. The highest BCUT2D eigenvalue weighted by Crippen LogP contribution is 2.42. The number of sulfonamides is 1. The van der Waals surface area contributed by atoms with Gasteiger partial charge in [-0.15, -0.1) is 0 Å². The summed E-state index contributed by atoms with van der Waals surface area (Å²) in [7, 11) is -3.60. The number of nitrogens with one attached hydrogen (secondary N) is 1. The second-order valence-corrected chi connectivity index (χ2v) is 13.8. The average molecular weight is 603 g/mol. The van der Waals surface area contributed by atoms with Gasteiger partial charge in [0.15, 0.2) is 5.82 Å². The Morgan fingerprint density at radius 2 is 1.93 bits per heavy atom. The number of ether oxygens (including phenoxy) is 1. The first-order valence-electron chi connectivity index (χ1n) is 14.8. The van der Waals surface area contributed by atoms with Crippen molar-refractivity contribution in [3.63, 3.8) is 0 Å². The Morgan fingerprint density at radius 3 is 2.60 bits per heavy atom. The molecule has 3 atom stereocenters. The van der Waals surface area contributed by atoms with Gasteiger partial charge in [-0.3, -0.25) is 14.6 Å². The maximum atomic E-state index is 16.3. The predicted octanol–water partition coefficient (Wildman–Crippen LogP) is 4.17. The third-order valence-corrected chi connectivity index (χ3v) is 10.2. The van der Waals surface area contributed by atoms with Crippen LogP contribution in [0.25, 0.3) is 0 Å². The first kappa shape index (κ1) is 30.3. The van der Waals surface area contributed by atoms with Gasteiger partial charge >= 0.3 is 5.97 Å². The smallest absolute Gasteiger partial charge is 0.310 e. The second kappa shape index (κ2) is 12.2. The highest BCUT2D eigenvalue weighted by atomic mass is 32.2. The van der Waals surface area contributed by atoms with E-state index < -0.39 is 33.6 Å². The average Bonchev–Trinajstić information content (AvgIpc) is 3.71. The minimum atomic E-state index is -3.60. The molecule has 5 rings (SSSR count). The molecule has 0 radical (unpaired) electrons. The number of aromatic nitrogens is 1. The van der Waals surface area contributed by atoms with Crippen molar-refractivity contribution in [2.24, 2.45) is 22.7 Å². The largest absolute Gasteiger partial charge is 0.466 e. The number of amides is 1. The van der Waals surface area contributed by atoms with E-state index in [0.717, 1.165) is 31.9 Å². The van der Waals surface area contributed by atoms with Gasteiger partial charge < -0.3 is 14.6 Å². The second-order valence-electron chi connectivity index (χ2n) is 11.8. The zero-order valence-corrected chi connectivity index (χ0v) is 25.4. The van der Waals surface area contributed by atoms with Gasteiger partial charge in [-0.05, 0) is 49.1 Å². The summed E-state index contributed by atoms with van der Waals surface area (Å²) in [5.74, 6) is -2.18. The van der Waals surface area contributed by atoms with Gasteiger partial charge in [0.1, 0.15) is 17.5 Å². The van der Waals surface area contributed by atoms with Gasteiger partial charge in [-0.2, -0.15) is 0 Å². The molecule has 0 bridgehead atoms. The standard InChI is InChI=1S/C30H39FN4O6S/c1-5-24-23(16-41-34-24)29(36)33-27(18-9-7-17(3)8-10-18)25-13-19-11-12-20(26(31)28(19)32-25)21-14-35(42(4,38)39)15-22(21)30(37)40-6-2/h11-12,16-18,21-22,27H,5-10,13-15H2,1-4H3,(H,33,36)/t17?,18?,21?,22?,27-/m0/s1. The van der Waals surface area contributed by atoms with E-state index in [9.17, 15) is 18.0 Å². The van der Waals surface area contributed by atoms with Crippen LogP contribution in [-0.4, -0.2) is 67.5 Å². The van der Waals surface area contributed by atoms with Crippen LogP contribution in [0, 0.1) is 23.6 Å². The predicted molar refractivity (Wildman–Crippen MR) is 155 cm³/mol. The fourth-order valence-corrected chi connectivity index (χ4v) is 7.44. The molecule has 1 aromatic heterocycles. The van der Waals surface area contributed by atoms with Crippen LogP contribution in [0.4, 0.5) is 10.1 Å². The summed E-state index contributed by atoms with van der Waals surface area (Å²) >= 11 is 0. The molecule has 1 aromatic carbocycles. The van der Waals surface area contributed by atoms with Crippen LogP contribution in [0.1, 0.15) is 79.6 Å². The van der Waals surface area contributed by atoms with E-state index in [1.807, 2.05) is 6.92 Å². The Labute approximate surface area is 246 Å². The molecule has 1 saturated heterocycles. The van der Waals surface area contributed by atoms with Crippen LogP contribution in [0.2, 0.25) is 0 Å². The Hall–Kier alpha value is -3.12. The summed E-state index contributed by atoms with van der Waals surface area (Å²) in [5, 5.41) is 7.11. The van der Waals surface area contributed by atoms with Crippen molar-refractivity contribution in [1.82, 2.24) is 14.8 Å². The van der Waals surface area contributed by atoms with Gasteiger partial charge in [0.05, 0.1) is 30.5 Å². The maximum absolute atomic E-state index is 16.3. The minimum absolute atomic E-state index is 0.0218. The molecular formula is C30H39FN4O6S. The first-order chi connectivity index (χ1) is 20.0. The van der Waals surface area contributed by atoms with Gasteiger partial charge in [-0.1, -0.05) is 44.0 Å². The summed E-state index contributed by atoms with van der Waals surface area (Å²) in [5.41, 5.74) is 2.77. The minimum Gasteiger partial charge on any atom is -0.466 e. The van der Waals surface area contributed by atoms with Crippen LogP contribution in [0.15, 0.2) is 27.9 Å². The quantitative estimate of drug-likeness (QED) is 0.426. The number of carbonyl (C=O) groups excluding carboxylic acids is 2. The van der Waals surface area contributed by atoms with Crippen LogP contribution >= 0.6 is 0 Å². The molecule has 12 heteroatoms. The molecule has 2 unspecified atom stereocenters. The van der Waals surface area contributed by atoms with E-state index in [1.54, 1.807) is 19.1 Å². The molecule has 1 amide bonds. The molecule has 1 saturated carbocycles. The molecule has 1 N–H and O–H groups in total. The van der Waals surface area contributed by atoms with E-state index in [4.69, 9.17) is 14.3 Å². The number of nitrogens with zero attached hydrogens (tertiary/aromatic N) is 3. The number of benzene rings is 1. The summed E-state index contributed by atoms with van der Waals surface area (Å²) < 4.78 is 52.4. The third kappa shape index (κ3) is 6.01. The van der Waals surface area contributed by atoms with E-state index in [2.05, 4.69) is 17.4 Å². The number of carbonyl (C=O) groups is 2. The van der Waals surface area contributed by atoms with E-state index in [-0.39, 0.29) is 48.8 Å². The van der Waals surface area contributed by atoms with Gasteiger partial charge in [0.2, 0.25) is 10.0 Å². The Balaban J connectivity index is 1.47. The molecule has 3 aliphatic rings. The third-order valence-electron chi connectivity index (χ3n) is 9.00. The van der Waals surface area contributed by atoms with Crippen molar-refractivity contribution in [2.45, 2.75) is 71.3 Å². The first-order valence-corrected chi connectivity index (χ1v) is 16.6. The normalized spacial score (nSPS) is 25.1. The number of aliphatic imine (C=N–C) groups is 1. The monoisotopic (exact) mass is 602 g/mol. The molecular weight excluding hydrogens is 563 g/mol. The van der Waals surface area contributed by atoms with E-state index in [0.29, 0.717) is 41.3 Å². The van der Waals surface area contributed by atoms with Crippen molar-refractivity contribution < 1.29 is 31.7 Å². The Kier molecular flexibility index (Phi) is 8.84. The molecule has 0 spiro atoms. The van der Waals surface area contributed by atoms with Gasteiger partial charge in [0.25, 0.3) is 5.91 Å². The maximum Gasteiger partial charge on any atom is 0.310 e. The lowest BCUT2D eigenvalue weighted by atomic mass is 9.77. The van der Waals surface area contributed by atoms with Crippen LogP contribution in [-0.2, 0) is 32.4 Å². The van der Waals surface area contributed by atoms with Crippen molar-refractivity contribution in [3.05, 3.63) is 46.6 Å². The molecule has 2 aromatic rings. The molecule has 10 nitrogen and oxygen atoms in total. The Bertz CT molecular complexity index is 1480. The van der Waals surface area contributed by atoms with Crippen LogP contribution < -0.4 is 5.32 Å². The zero-order chi connectivity index (χ0) is 30.2. The molecule has 2 fully saturated rings. The molecule has 228 valence electrons. The molecule has 42 heavy (non-hydrogen) atoms. The van der Waals surface area contributed by atoms with Crippen LogP contribution in [0.3, 0.4) is 0 Å². The summed E-state index contributed by atoms with van der Waals surface area (Å²) in [4.78, 5) is 30.9. The van der Waals surface area contributed by atoms with Gasteiger partial charge in [0, 0.05) is 31.1 Å².